The van der Waals surface area contributed by atoms with Crippen LogP contribution in [0.15, 0.2) is 0 Å². The van der Waals surface area contributed by atoms with E-state index >= 15 is 0 Å². The topological polar surface area (TPSA) is 76.2 Å². The quantitative estimate of drug-likeness (QED) is 0.433. The Hall–Kier alpha value is -1.47. The molecule has 0 spiro atoms. The molecule has 2 aliphatic rings. The van der Waals surface area contributed by atoms with Crippen molar-refractivity contribution in [3.63, 3.8) is 0 Å². The number of morpholine rings is 2. The highest BCUT2D eigenvalue weighted by atomic mass is 16.5. The van der Waals surface area contributed by atoms with Gasteiger partial charge >= 0.3 is 5.78 Å². The van der Waals surface area contributed by atoms with E-state index in [1.54, 1.807) is 0 Å². The molecule has 2 aliphatic heterocycles. The van der Waals surface area contributed by atoms with E-state index < -0.39 is 17.6 Å². The van der Waals surface area contributed by atoms with Crippen molar-refractivity contribution in [3.8, 4) is 0 Å². The highest BCUT2D eigenvalue weighted by molar-refractivity contribution is 6.62. The predicted molar refractivity (Wildman–Crippen MR) is 59.8 cm³/mol. The lowest BCUT2D eigenvalue weighted by Crippen LogP contribution is -2.51. The first-order valence-corrected chi connectivity index (χ1v) is 5.98. The van der Waals surface area contributed by atoms with Gasteiger partial charge < -0.3 is 19.3 Å². The molecule has 2 fully saturated rings. The Morgan fingerprint density at radius 3 is 1.33 bits per heavy atom. The summed E-state index contributed by atoms with van der Waals surface area (Å²) in [6.45, 7) is 3.08. The molecule has 18 heavy (non-hydrogen) atoms. The third-order valence-electron chi connectivity index (χ3n) is 2.99. The van der Waals surface area contributed by atoms with E-state index in [0.717, 1.165) is 0 Å². The average Bonchev–Trinajstić information content (AvgIpc) is 2.47. The Labute approximate surface area is 105 Å². The maximum Gasteiger partial charge on any atom is 0.307 e. The molecule has 2 heterocycles. The fraction of sp³-hybridized carbons (Fsp3) is 0.727. The molecule has 2 rings (SSSR count). The molecular formula is C11H16N2O5. The van der Waals surface area contributed by atoms with Gasteiger partial charge in [-0.2, -0.15) is 0 Å². The second-order valence-electron chi connectivity index (χ2n) is 4.14. The van der Waals surface area contributed by atoms with Crippen molar-refractivity contribution >= 4 is 17.6 Å². The Balaban J connectivity index is 1.92. The minimum atomic E-state index is -0.959. The highest BCUT2D eigenvalue weighted by Crippen LogP contribution is 2.02. The van der Waals surface area contributed by atoms with Crippen LogP contribution in [0.3, 0.4) is 0 Å². The van der Waals surface area contributed by atoms with Gasteiger partial charge in [0.1, 0.15) is 0 Å². The second-order valence-corrected chi connectivity index (χ2v) is 4.14. The third-order valence-corrected chi connectivity index (χ3v) is 2.99. The Kier molecular flexibility index (Phi) is 4.27. The molecule has 0 aromatic heterocycles. The highest BCUT2D eigenvalue weighted by Gasteiger charge is 2.32. The molecule has 0 aromatic rings. The van der Waals surface area contributed by atoms with Crippen LogP contribution < -0.4 is 0 Å². The molecule has 0 unspecified atom stereocenters. The van der Waals surface area contributed by atoms with Crippen LogP contribution in [-0.4, -0.2) is 80.0 Å². The first-order chi connectivity index (χ1) is 8.70. The molecule has 7 heteroatoms. The fourth-order valence-corrected chi connectivity index (χ4v) is 1.91. The zero-order chi connectivity index (χ0) is 13.0. The lowest BCUT2D eigenvalue weighted by atomic mass is 10.2. The van der Waals surface area contributed by atoms with Gasteiger partial charge in [0.05, 0.1) is 26.4 Å². The summed E-state index contributed by atoms with van der Waals surface area (Å²) >= 11 is 0. The Morgan fingerprint density at radius 1 is 0.667 bits per heavy atom. The van der Waals surface area contributed by atoms with Gasteiger partial charge in [0.15, 0.2) is 0 Å². The van der Waals surface area contributed by atoms with Crippen molar-refractivity contribution in [3.05, 3.63) is 0 Å². The number of amides is 2. The number of ether oxygens (including phenoxy) is 2. The Morgan fingerprint density at radius 2 is 1.00 bits per heavy atom. The van der Waals surface area contributed by atoms with E-state index in [0.29, 0.717) is 52.6 Å². The average molecular weight is 256 g/mol. The lowest BCUT2D eigenvalue weighted by molar-refractivity contribution is -0.156. The fourth-order valence-electron chi connectivity index (χ4n) is 1.91. The number of nitrogens with zero attached hydrogens (tertiary/aromatic N) is 2. The number of hydrogen-bond donors (Lipinski definition) is 0. The second kappa shape index (κ2) is 5.92. The summed E-state index contributed by atoms with van der Waals surface area (Å²) in [5, 5.41) is 0. The normalized spacial score (nSPS) is 20.7. The van der Waals surface area contributed by atoms with E-state index in [1.165, 1.54) is 9.80 Å². The summed E-state index contributed by atoms with van der Waals surface area (Å²) in [6.07, 6.45) is 0. The van der Waals surface area contributed by atoms with Gasteiger partial charge in [-0.25, -0.2) is 0 Å². The van der Waals surface area contributed by atoms with Crippen molar-refractivity contribution in [2.75, 3.05) is 52.6 Å². The minimum Gasteiger partial charge on any atom is -0.378 e. The van der Waals surface area contributed by atoms with Crippen LogP contribution in [-0.2, 0) is 23.9 Å². The SMILES string of the molecule is O=C(C(=O)N1CCOCC1)C(=O)N1CCOCC1. The largest absolute Gasteiger partial charge is 0.378 e. The van der Waals surface area contributed by atoms with Gasteiger partial charge in [0.2, 0.25) is 0 Å². The molecule has 0 bridgehead atoms. The van der Waals surface area contributed by atoms with Crippen LogP contribution in [0.4, 0.5) is 0 Å². The van der Waals surface area contributed by atoms with E-state index in [-0.39, 0.29) is 0 Å². The molecule has 0 saturated carbocycles. The van der Waals surface area contributed by atoms with Crippen molar-refractivity contribution < 1.29 is 23.9 Å². The standard InChI is InChI=1S/C11H16N2O5/c14-9(10(15)12-1-5-17-6-2-12)11(16)13-3-7-18-8-4-13/h1-8H2. The van der Waals surface area contributed by atoms with Gasteiger partial charge in [0, 0.05) is 26.2 Å². The summed E-state index contributed by atoms with van der Waals surface area (Å²) in [7, 11) is 0. The zero-order valence-corrected chi connectivity index (χ0v) is 10.1. The number of ketones is 1. The Bertz CT molecular complexity index is 313. The summed E-state index contributed by atoms with van der Waals surface area (Å²) in [4.78, 5) is 38.2. The molecular weight excluding hydrogens is 240 g/mol. The summed E-state index contributed by atoms with van der Waals surface area (Å²) in [6, 6.07) is 0. The van der Waals surface area contributed by atoms with E-state index in [9.17, 15) is 14.4 Å². The third kappa shape index (κ3) is 2.85. The monoisotopic (exact) mass is 256 g/mol. The summed E-state index contributed by atoms with van der Waals surface area (Å²) in [5.74, 6) is -2.41. The van der Waals surface area contributed by atoms with Gasteiger partial charge in [-0.3, -0.25) is 14.4 Å². The van der Waals surface area contributed by atoms with Gasteiger partial charge in [0.25, 0.3) is 11.8 Å². The molecule has 0 aliphatic carbocycles. The molecule has 0 radical (unpaired) electrons. The van der Waals surface area contributed by atoms with Gasteiger partial charge in [-0.05, 0) is 0 Å². The van der Waals surface area contributed by atoms with Crippen LogP contribution >= 0.6 is 0 Å². The van der Waals surface area contributed by atoms with E-state index in [1.807, 2.05) is 0 Å². The first-order valence-electron chi connectivity index (χ1n) is 5.98. The first kappa shape index (κ1) is 13.0. The van der Waals surface area contributed by atoms with Crippen molar-refractivity contribution in [2.24, 2.45) is 0 Å². The van der Waals surface area contributed by atoms with Crippen LogP contribution in [0, 0.1) is 0 Å². The molecule has 100 valence electrons. The molecule has 0 aromatic carbocycles. The smallest absolute Gasteiger partial charge is 0.307 e. The summed E-state index contributed by atoms with van der Waals surface area (Å²) < 4.78 is 10.2. The number of Topliss-reactive ketones (excluding diaryl/α,β-unsaturated/α-hetero) is 1. The van der Waals surface area contributed by atoms with Crippen LogP contribution in [0.2, 0.25) is 0 Å². The number of hydrogen-bond acceptors (Lipinski definition) is 5. The molecule has 0 atom stereocenters. The number of carbonyl (C=O) groups is 3. The number of carbonyl (C=O) groups excluding carboxylic acids is 3. The van der Waals surface area contributed by atoms with Crippen LogP contribution in [0.25, 0.3) is 0 Å². The molecule has 7 nitrogen and oxygen atoms in total. The number of rotatable bonds is 2. The van der Waals surface area contributed by atoms with Crippen LogP contribution in [0.1, 0.15) is 0 Å². The van der Waals surface area contributed by atoms with E-state index in [4.69, 9.17) is 9.47 Å². The van der Waals surface area contributed by atoms with Crippen molar-refractivity contribution in [1.82, 2.24) is 9.80 Å². The maximum atomic E-state index is 11.8. The van der Waals surface area contributed by atoms with Gasteiger partial charge in [-0.15, -0.1) is 0 Å². The van der Waals surface area contributed by atoms with Crippen LogP contribution in [0.5, 0.6) is 0 Å². The van der Waals surface area contributed by atoms with Crippen molar-refractivity contribution in [2.45, 2.75) is 0 Å². The van der Waals surface area contributed by atoms with Gasteiger partial charge in [-0.1, -0.05) is 0 Å². The molecule has 0 N–H and O–H groups in total. The molecule has 2 saturated heterocycles. The lowest BCUT2D eigenvalue weighted by Gasteiger charge is -2.28. The summed E-state index contributed by atoms with van der Waals surface area (Å²) in [5.41, 5.74) is 0. The van der Waals surface area contributed by atoms with E-state index in [2.05, 4.69) is 0 Å². The predicted octanol–water partition coefficient (Wildman–Crippen LogP) is -1.73. The minimum absolute atomic E-state index is 0.362. The maximum absolute atomic E-state index is 11.8. The zero-order valence-electron chi connectivity index (χ0n) is 10.1. The molecule has 2 amide bonds. The van der Waals surface area contributed by atoms with Crippen molar-refractivity contribution in [1.29, 1.82) is 0 Å².